The van der Waals surface area contributed by atoms with E-state index in [0.29, 0.717) is 74.7 Å². The molecular weight excluding hydrogens is 1800 g/mol. The van der Waals surface area contributed by atoms with Crippen LogP contribution in [0.25, 0.3) is 54.5 Å². The molecule has 6 aliphatic heterocycles. The van der Waals surface area contributed by atoms with Crippen molar-refractivity contribution >= 4 is 140 Å². The number of para-hydroxylation sites is 3. The van der Waals surface area contributed by atoms with Gasteiger partial charge in [0.2, 0.25) is 0 Å². The number of rotatable bonds is 12. The van der Waals surface area contributed by atoms with Crippen LogP contribution in [0.15, 0.2) is 253 Å². The largest absolute Gasteiger partial charge is 0.497 e. The van der Waals surface area contributed by atoms with Gasteiger partial charge in [0.25, 0.3) is 0 Å². The Morgan fingerprint density at radius 1 is 0.481 bits per heavy atom. The number of morpholine rings is 1. The van der Waals surface area contributed by atoms with Gasteiger partial charge in [-0.15, -0.1) is 11.3 Å². The van der Waals surface area contributed by atoms with Crippen molar-refractivity contribution in [3.05, 3.63) is 347 Å². The van der Waals surface area contributed by atoms with Crippen molar-refractivity contribution in [1.29, 1.82) is 0 Å². The average molecular weight is 1910 g/mol. The lowest BCUT2D eigenvalue weighted by Gasteiger charge is -2.40. The summed E-state index contributed by atoms with van der Waals surface area (Å²) in [4.78, 5) is 68.3. The molecule has 16 aromatic rings. The number of nitrogens with zero attached hydrogens (tertiary/aromatic N) is 5. The summed E-state index contributed by atoms with van der Waals surface area (Å²) in [5, 5.41) is 23.1. The van der Waals surface area contributed by atoms with Crippen LogP contribution in [0.3, 0.4) is 0 Å². The van der Waals surface area contributed by atoms with Gasteiger partial charge in [0, 0.05) is 168 Å². The minimum Gasteiger partial charge on any atom is -0.497 e. The highest BCUT2D eigenvalue weighted by Crippen LogP contribution is 2.46. The topological polar surface area (TPSA) is 266 Å². The zero-order chi connectivity index (χ0) is 93.7. The maximum atomic E-state index is 13.7. The highest BCUT2D eigenvalue weighted by atomic mass is 35.5. The third kappa shape index (κ3) is 19.5. The fourth-order valence-electron chi connectivity index (χ4n) is 19.7. The fourth-order valence-corrected chi connectivity index (χ4v) is 21.8. The highest BCUT2D eigenvalue weighted by molar-refractivity contribution is 7.90. The molecule has 6 aliphatic rings. The van der Waals surface area contributed by atoms with Gasteiger partial charge < -0.3 is 89.6 Å². The van der Waals surface area contributed by atoms with Gasteiger partial charge in [0.05, 0.1) is 69.6 Å². The van der Waals surface area contributed by atoms with Gasteiger partial charge >= 0.3 is 18.1 Å². The molecule has 29 heteroatoms. The molecule has 23 nitrogen and oxygen atoms in total. The minimum absolute atomic E-state index is 0.0300. The van der Waals surface area contributed by atoms with E-state index in [-0.39, 0.29) is 65.1 Å². The summed E-state index contributed by atoms with van der Waals surface area (Å²) in [5.41, 5.74) is 22.3. The number of halogens is 3. The lowest BCUT2D eigenvalue weighted by atomic mass is 9.92. The summed E-state index contributed by atoms with van der Waals surface area (Å²) in [6.07, 6.45) is 5.52. The highest BCUT2D eigenvalue weighted by Gasteiger charge is 2.41. The summed E-state index contributed by atoms with van der Waals surface area (Å²) < 4.78 is 58.9. The number of amides is 6. The van der Waals surface area contributed by atoms with Crippen LogP contribution in [0.2, 0.25) is 10.0 Å². The number of H-pyrrole nitrogens is 5. The molecule has 5 unspecified atom stereocenters. The molecule has 1 fully saturated rings. The van der Waals surface area contributed by atoms with E-state index in [1.54, 1.807) is 63.0 Å². The van der Waals surface area contributed by atoms with E-state index in [4.69, 9.17) is 54.4 Å². The Labute approximate surface area is 802 Å². The predicted molar refractivity (Wildman–Crippen MR) is 540 cm³/mol. The molecule has 0 saturated carbocycles. The second kappa shape index (κ2) is 40.6. The molecule has 135 heavy (non-hydrogen) atoms. The fraction of sp³-hybridized carbons (Fsp3) is 0.264. The molecular formula is C106H107Cl2FN14O9S3. The number of anilines is 1. The number of sulfone groups is 1. The number of ether oxygens (including phenoxy) is 4. The lowest BCUT2D eigenvalue weighted by Crippen LogP contribution is -2.51. The predicted octanol–water partition coefficient (Wildman–Crippen LogP) is 21.5. The van der Waals surface area contributed by atoms with Crippen molar-refractivity contribution in [1.82, 2.24) is 65.4 Å². The normalized spacial score (nSPS) is 17.2. The second-order valence-corrected chi connectivity index (χ2v) is 38.8. The third-order valence-electron chi connectivity index (χ3n) is 26.0. The van der Waals surface area contributed by atoms with E-state index in [1.807, 2.05) is 150 Å². The van der Waals surface area contributed by atoms with E-state index < -0.39 is 9.84 Å². The van der Waals surface area contributed by atoms with Crippen molar-refractivity contribution in [2.75, 3.05) is 98.5 Å². The minimum atomic E-state index is -3.31. The zero-order valence-electron chi connectivity index (χ0n) is 76.0. The molecule has 1 saturated heterocycles. The first kappa shape index (κ1) is 92.3. The Balaban J connectivity index is 0.000000114. The Morgan fingerprint density at radius 2 is 0.896 bits per heavy atom. The molecule has 694 valence electrons. The van der Waals surface area contributed by atoms with Crippen molar-refractivity contribution in [2.24, 2.45) is 0 Å². The van der Waals surface area contributed by atoms with Crippen LogP contribution in [0.1, 0.15) is 134 Å². The number of urea groups is 3. The number of methoxy groups -OCH3 is 3. The number of hydrogen-bond acceptors (Lipinski definition) is 12. The number of carbonyl (C=O) groups excluding carboxylic acids is 3. The van der Waals surface area contributed by atoms with Crippen LogP contribution >= 0.6 is 46.8 Å². The number of fused-ring (bicyclic) bond motifs is 15. The van der Waals surface area contributed by atoms with Gasteiger partial charge in [-0.3, -0.25) is 0 Å². The standard InChI is InChI=1S/C25H22FN3OS.C23H24ClN3O4S.C22H25N3O2.C21H23N3O2.C15H13ClN2S/c1-30-19-11-9-16(10-12-19)24-23-21(20-7-2-3-8-22(20)28-23)13-14-29(24)25(31)27-18-6-4-5-17(26)15-18;1-32(29,30)17-5-2-15(3-6-17)22-21-18(19-14-16(24)4-7-20(19)25-21)8-9-27(22)23(28)26-10-12-31-13-11-26;1-14(2)23-22(26)25-13-12-18-17-6-4-5-7-19(17)24-20(18)21(25)15-8-10-16(27-3)11-9-15;1-3-22-21(25)24-13-12-17-16-6-4-5-7-18(16)23-19(17)20(24)14-8-10-15(26-2)11-9-14;16-9-3-4-12-11(8-9)10-5-6-17-15(14(10)18-12)13-2-1-7-19-13/h2-12,15,24,28H,13-14H2,1H3,(H,27,31);2-7,14,22,25H,8-13H2,1H3;4-11,14,21,24H,12-13H2,1-3H3,(H,23,26);4-11,20,23H,3,12-13H2,1-2H3,(H,22,25);1-4,7-8,15,17-18H,5-6H2. The third-order valence-corrected chi connectivity index (χ3v) is 28.9. The maximum Gasteiger partial charge on any atom is 0.321 e. The van der Waals surface area contributed by atoms with E-state index in [1.165, 1.54) is 78.3 Å². The Hall–Kier alpha value is -13.1. The van der Waals surface area contributed by atoms with Gasteiger partial charge in [-0.1, -0.05) is 138 Å². The van der Waals surface area contributed by atoms with Crippen LogP contribution < -0.4 is 35.5 Å². The summed E-state index contributed by atoms with van der Waals surface area (Å²) in [5.74, 6) is 2.13. The van der Waals surface area contributed by atoms with E-state index >= 15 is 0 Å². The number of thiocarbonyl (C=S) groups is 1. The van der Waals surface area contributed by atoms with Crippen LogP contribution in [0, 0.1) is 5.82 Å². The van der Waals surface area contributed by atoms with Gasteiger partial charge in [-0.05, 0) is 248 Å². The van der Waals surface area contributed by atoms with Gasteiger partial charge in [-0.25, -0.2) is 27.2 Å². The van der Waals surface area contributed by atoms with Crippen LogP contribution in [-0.4, -0.2) is 180 Å². The van der Waals surface area contributed by atoms with Crippen molar-refractivity contribution in [3.63, 3.8) is 0 Å². The Bertz CT molecular complexity index is 7100. The molecule has 6 aromatic heterocycles. The van der Waals surface area contributed by atoms with Gasteiger partial charge in [0.1, 0.15) is 23.1 Å². The Morgan fingerprint density at radius 3 is 1.34 bits per heavy atom. The first-order chi connectivity index (χ1) is 65.6. The number of thiophene rings is 1. The van der Waals surface area contributed by atoms with Crippen LogP contribution in [0.5, 0.6) is 17.2 Å². The zero-order valence-corrected chi connectivity index (χ0v) is 80.0. The molecule has 0 aliphatic carbocycles. The monoisotopic (exact) mass is 1900 g/mol. The van der Waals surface area contributed by atoms with Crippen molar-refractivity contribution < 1.29 is 46.1 Å². The first-order valence-electron chi connectivity index (χ1n) is 45.6. The summed E-state index contributed by atoms with van der Waals surface area (Å²) in [7, 11) is 1.67. The number of carbonyl (C=O) groups is 3. The summed E-state index contributed by atoms with van der Waals surface area (Å²) in [6, 6.07) is 78.0. The average Bonchev–Trinajstić information content (AvgIpc) is 1.63. The molecule has 0 radical (unpaired) electrons. The van der Waals surface area contributed by atoms with Gasteiger partial charge in [-0.2, -0.15) is 0 Å². The Kier molecular flexibility index (Phi) is 27.8. The first-order valence-corrected chi connectivity index (χ1v) is 49.5. The lowest BCUT2D eigenvalue weighted by molar-refractivity contribution is 0.0398. The molecule has 9 N–H and O–H groups in total. The number of benzene rings is 10. The van der Waals surface area contributed by atoms with Crippen LogP contribution in [0.4, 0.5) is 24.5 Å². The number of nitrogens with one attached hydrogen (secondary N) is 9. The molecule has 22 rings (SSSR count). The summed E-state index contributed by atoms with van der Waals surface area (Å²) >= 11 is 20.0. The molecule has 10 aromatic carbocycles. The number of hydrogen-bond donors (Lipinski definition) is 9. The van der Waals surface area contributed by atoms with Crippen molar-refractivity contribution in [2.45, 2.75) is 94.0 Å². The smallest absolute Gasteiger partial charge is 0.321 e. The number of aromatic nitrogens is 5. The van der Waals surface area contributed by atoms with Crippen molar-refractivity contribution in [3.8, 4) is 17.2 Å². The molecule has 12 heterocycles. The summed E-state index contributed by atoms with van der Waals surface area (Å²) in [6.45, 7) is 12.4. The van der Waals surface area contributed by atoms with Gasteiger partial charge in [0.15, 0.2) is 14.9 Å². The van der Waals surface area contributed by atoms with E-state index in [0.717, 1.165) is 139 Å². The molecule has 0 spiro atoms. The quantitative estimate of drug-likeness (QED) is 0.0516. The molecule has 5 atom stereocenters. The maximum absolute atomic E-state index is 13.7. The molecule has 0 bridgehead atoms. The SMILES string of the molecule is CCNC(=O)N1CCc2c([nH]c3ccccc23)C1c1ccc(OC)cc1.COc1ccc(C2c3[nH]c4ccccc4c3CCN2C(=O)NC(C)C)cc1.COc1ccc(C2c3[nH]c4ccccc4c3CCN2C(=S)Nc2cccc(F)c2)cc1.CS(=O)(=O)c1ccc(C2c3[nH]c4ccc(Cl)cc4c3CCN2C(=O)N2CCOCC2)cc1.Clc1ccc2[nH]c3c(c2c1)CCNC3c1cccs1. The van der Waals surface area contributed by atoms with Crippen LogP contribution in [-0.2, 0) is 46.7 Å². The number of aromatic amines is 5. The van der Waals surface area contributed by atoms with E-state index in [2.05, 4.69) is 147 Å². The van der Waals surface area contributed by atoms with E-state index in [9.17, 15) is 27.2 Å². The molecule has 6 amide bonds. The second-order valence-electron chi connectivity index (χ2n) is 34.6.